The highest BCUT2D eigenvalue weighted by Crippen LogP contribution is 2.18. The van der Waals surface area contributed by atoms with Gasteiger partial charge in [0.05, 0.1) is 6.04 Å². The van der Waals surface area contributed by atoms with Crippen LogP contribution in [0.2, 0.25) is 0 Å². The molecular weight excluding hydrogens is 328 g/mol. The van der Waals surface area contributed by atoms with Gasteiger partial charge in [-0.25, -0.2) is 4.79 Å². The molecule has 5 heteroatoms. The molecule has 26 heavy (non-hydrogen) atoms. The van der Waals surface area contributed by atoms with Crippen LogP contribution in [0.25, 0.3) is 0 Å². The predicted octanol–water partition coefficient (Wildman–Crippen LogP) is 4.13. The Morgan fingerprint density at radius 1 is 0.846 bits per heavy atom. The summed E-state index contributed by atoms with van der Waals surface area (Å²) >= 11 is 0. The number of carbonyl (C=O) groups is 2. The van der Waals surface area contributed by atoms with Crippen molar-refractivity contribution < 1.29 is 14.3 Å². The quantitative estimate of drug-likeness (QED) is 0.848. The van der Waals surface area contributed by atoms with Gasteiger partial charge < -0.3 is 15.4 Å². The number of carbonyl (C=O) groups excluding carboxylic acids is 2. The lowest BCUT2D eigenvalue weighted by molar-refractivity contribution is -0.124. The van der Waals surface area contributed by atoms with Crippen molar-refractivity contribution in [1.29, 1.82) is 0 Å². The minimum absolute atomic E-state index is 0.185. The Morgan fingerprint density at radius 2 is 1.35 bits per heavy atom. The highest BCUT2D eigenvalue weighted by atomic mass is 16.6. The monoisotopic (exact) mass is 354 g/mol. The van der Waals surface area contributed by atoms with E-state index in [4.69, 9.17) is 4.74 Å². The number of hydrogen-bond acceptors (Lipinski definition) is 3. The molecule has 0 aliphatic rings. The third-order valence-corrected chi connectivity index (χ3v) is 3.71. The van der Waals surface area contributed by atoms with Crippen LogP contribution in [0.15, 0.2) is 60.7 Å². The van der Waals surface area contributed by atoms with E-state index in [2.05, 4.69) is 10.6 Å². The molecule has 138 valence electrons. The van der Waals surface area contributed by atoms with E-state index in [9.17, 15) is 9.59 Å². The van der Waals surface area contributed by atoms with Gasteiger partial charge in [-0.05, 0) is 38.8 Å². The fourth-order valence-corrected chi connectivity index (χ4v) is 2.49. The maximum atomic E-state index is 12.8. The van der Waals surface area contributed by atoms with Crippen LogP contribution >= 0.6 is 0 Å². The number of benzene rings is 2. The molecule has 0 aliphatic heterocycles. The zero-order chi connectivity index (χ0) is 19.2. The van der Waals surface area contributed by atoms with E-state index in [0.29, 0.717) is 5.56 Å². The smallest absolute Gasteiger partial charge is 0.408 e. The number of alkyl carbamates (subject to hydrolysis) is 1. The number of hydrogen-bond donors (Lipinski definition) is 2. The van der Waals surface area contributed by atoms with Crippen molar-refractivity contribution in [2.75, 3.05) is 0 Å². The van der Waals surface area contributed by atoms with E-state index >= 15 is 0 Å². The van der Waals surface area contributed by atoms with Crippen LogP contribution in [0.5, 0.6) is 0 Å². The number of amides is 2. The standard InChI is InChI=1S/C21H26N2O3/c1-15(16-11-7-5-8-12-16)22-19(24)18(17-13-9-6-10-14-17)23-20(25)26-21(2,3)4/h5-15,18H,1-4H3,(H,22,24)(H,23,25)/t15-,18-/m1/s1. The van der Waals surface area contributed by atoms with Crippen molar-refractivity contribution in [2.24, 2.45) is 0 Å². The molecule has 0 saturated heterocycles. The Hall–Kier alpha value is -2.82. The fourth-order valence-electron chi connectivity index (χ4n) is 2.49. The molecular formula is C21H26N2O3. The molecule has 0 radical (unpaired) electrons. The maximum Gasteiger partial charge on any atom is 0.408 e. The largest absolute Gasteiger partial charge is 0.444 e. The zero-order valence-corrected chi connectivity index (χ0v) is 15.7. The van der Waals surface area contributed by atoms with Gasteiger partial charge in [-0.1, -0.05) is 60.7 Å². The van der Waals surface area contributed by atoms with Crippen molar-refractivity contribution in [3.8, 4) is 0 Å². The second-order valence-corrected chi connectivity index (χ2v) is 7.13. The van der Waals surface area contributed by atoms with Crippen LogP contribution in [0.3, 0.4) is 0 Å². The van der Waals surface area contributed by atoms with Crippen molar-refractivity contribution in [3.63, 3.8) is 0 Å². The molecule has 0 aromatic heterocycles. The van der Waals surface area contributed by atoms with Gasteiger partial charge in [0.25, 0.3) is 0 Å². The molecule has 0 spiro atoms. The SMILES string of the molecule is C[C@@H](NC(=O)[C@H](NC(=O)OC(C)(C)C)c1ccccc1)c1ccccc1. The first-order chi connectivity index (χ1) is 12.3. The van der Waals surface area contributed by atoms with Gasteiger partial charge in [0.15, 0.2) is 0 Å². The van der Waals surface area contributed by atoms with Gasteiger partial charge in [-0.2, -0.15) is 0 Å². The molecule has 0 bridgehead atoms. The van der Waals surface area contributed by atoms with Gasteiger partial charge in [0, 0.05) is 0 Å². The predicted molar refractivity (Wildman–Crippen MR) is 102 cm³/mol. The summed E-state index contributed by atoms with van der Waals surface area (Å²) in [5, 5.41) is 5.63. The molecule has 2 amide bonds. The second-order valence-electron chi connectivity index (χ2n) is 7.13. The van der Waals surface area contributed by atoms with Crippen LogP contribution in [-0.2, 0) is 9.53 Å². The Labute approximate surface area is 154 Å². The summed E-state index contributed by atoms with van der Waals surface area (Å²) < 4.78 is 5.30. The van der Waals surface area contributed by atoms with Gasteiger partial charge in [-0.15, -0.1) is 0 Å². The molecule has 5 nitrogen and oxygen atoms in total. The third-order valence-electron chi connectivity index (χ3n) is 3.71. The zero-order valence-electron chi connectivity index (χ0n) is 15.7. The van der Waals surface area contributed by atoms with E-state index in [1.165, 1.54) is 0 Å². The summed E-state index contributed by atoms with van der Waals surface area (Å²) in [6.45, 7) is 7.24. The average molecular weight is 354 g/mol. The van der Waals surface area contributed by atoms with E-state index in [0.717, 1.165) is 5.56 Å². The van der Waals surface area contributed by atoms with Crippen LogP contribution in [0, 0.1) is 0 Å². The average Bonchev–Trinajstić information content (AvgIpc) is 2.59. The molecule has 0 unspecified atom stereocenters. The number of ether oxygens (including phenoxy) is 1. The lowest BCUT2D eigenvalue weighted by Gasteiger charge is -2.25. The Bertz CT molecular complexity index is 724. The Morgan fingerprint density at radius 3 is 1.85 bits per heavy atom. The summed E-state index contributed by atoms with van der Waals surface area (Å²) in [5.74, 6) is -0.293. The van der Waals surface area contributed by atoms with Crippen LogP contribution in [0.1, 0.15) is 50.9 Å². The topological polar surface area (TPSA) is 67.4 Å². The van der Waals surface area contributed by atoms with Crippen LogP contribution in [-0.4, -0.2) is 17.6 Å². The fraction of sp³-hybridized carbons (Fsp3) is 0.333. The van der Waals surface area contributed by atoms with Crippen LogP contribution < -0.4 is 10.6 Å². The molecule has 0 aliphatic carbocycles. The van der Waals surface area contributed by atoms with Crippen molar-refractivity contribution in [3.05, 3.63) is 71.8 Å². The molecule has 2 aromatic carbocycles. The van der Waals surface area contributed by atoms with Crippen molar-refractivity contribution >= 4 is 12.0 Å². The summed E-state index contributed by atoms with van der Waals surface area (Å²) in [4.78, 5) is 25.0. The first kappa shape index (κ1) is 19.5. The lowest BCUT2D eigenvalue weighted by atomic mass is 10.0. The summed E-state index contributed by atoms with van der Waals surface area (Å²) in [6, 6.07) is 17.8. The first-order valence-electron chi connectivity index (χ1n) is 8.66. The van der Waals surface area contributed by atoms with Gasteiger partial charge in [0.2, 0.25) is 5.91 Å². The highest BCUT2D eigenvalue weighted by Gasteiger charge is 2.26. The third kappa shape index (κ3) is 5.92. The molecule has 2 aromatic rings. The van der Waals surface area contributed by atoms with Crippen LogP contribution in [0.4, 0.5) is 4.79 Å². The molecule has 2 rings (SSSR count). The van der Waals surface area contributed by atoms with E-state index in [1.807, 2.05) is 55.5 Å². The summed E-state index contributed by atoms with van der Waals surface area (Å²) in [5.41, 5.74) is 1.04. The van der Waals surface area contributed by atoms with E-state index < -0.39 is 17.7 Å². The first-order valence-corrected chi connectivity index (χ1v) is 8.66. The van der Waals surface area contributed by atoms with Crippen molar-refractivity contribution in [1.82, 2.24) is 10.6 Å². The molecule has 0 saturated carbocycles. The van der Waals surface area contributed by atoms with Gasteiger partial charge in [0.1, 0.15) is 11.6 Å². The van der Waals surface area contributed by atoms with E-state index in [1.54, 1.807) is 32.9 Å². The lowest BCUT2D eigenvalue weighted by Crippen LogP contribution is -2.43. The van der Waals surface area contributed by atoms with Gasteiger partial charge >= 0.3 is 6.09 Å². The Balaban J connectivity index is 2.15. The number of nitrogens with one attached hydrogen (secondary N) is 2. The minimum atomic E-state index is -0.836. The summed E-state index contributed by atoms with van der Waals surface area (Å²) in [7, 11) is 0. The number of rotatable bonds is 5. The van der Waals surface area contributed by atoms with Crippen molar-refractivity contribution in [2.45, 2.75) is 45.4 Å². The second kappa shape index (κ2) is 8.52. The van der Waals surface area contributed by atoms with Gasteiger partial charge in [-0.3, -0.25) is 4.79 Å². The Kier molecular flexibility index (Phi) is 6.39. The summed E-state index contributed by atoms with van der Waals surface area (Å²) in [6.07, 6.45) is -0.631. The van der Waals surface area contributed by atoms with E-state index in [-0.39, 0.29) is 11.9 Å². The molecule has 2 atom stereocenters. The normalized spacial score (nSPS) is 13.4. The maximum absolute atomic E-state index is 12.8. The minimum Gasteiger partial charge on any atom is -0.444 e. The molecule has 0 fully saturated rings. The highest BCUT2D eigenvalue weighted by molar-refractivity contribution is 5.87. The molecule has 2 N–H and O–H groups in total. The molecule has 0 heterocycles.